The highest BCUT2D eigenvalue weighted by atomic mass is 16.5. The highest BCUT2D eigenvalue weighted by molar-refractivity contribution is 5.87. The van der Waals surface area contributed by atoms with Crippen LogP contribution in [0.5, 0.6) is 5.75 Å². The van der Waals surface area contributed by atoms with Gasteiger partial charge in [0.2, 0.25) is 0 Å². The number of phenolic OH excluding ortho intramolecular Hbond substituents is 1. The lowest BCUT2D eigenvalue weighted by Gasteiger charge is -2.02. The summed E-state index contributed by atoms with van der Waals surface area (Å²) in [6.45, 7) is 2.66. The zero-order chi connectivity index (χ0) is 14.6. The predicted molar refractivity (Wildman–Crippen MR) is 81.5 cm³/mol. The van der Waals surface area contributed by atoms with E-state index in [9.17, 15) is 9.90 Å². The summed E-state index contributed by atoms with van der Waals surface area (Å²) >= 11 is 0. The van der Waals surface area contributed by atoms with E-state index in [1.165, 1.54) is 31.8 Å². The van der Waals surface area contributed by atoms with Crippen LogP contribution in [0.1, 0.15) is 51.0 Å². The van der Waals surface area contributed by atoms with Crippen LogP contribution in [0, 0.1) is 0 Å². The Bertz CT molecular complexity index is 424. The lowest BCUT2D eigenvalue weighted by molar-refractivity contribution is -0.137. The van der Waals surface area contributed by atoms with Gasteiger partial charge in [-0.25, -0.2) is 4.79 Å². The van der Waals surface area contributed by atoms with Crippen LogP contribution in [0.2, 0.25) is 0 Å². The molecule has 0 aliphatic carbocycles. The molecule has 0 aromatic heterocycles. The van der Waals surface area contributed by atoms with Gasteiger partial charge in [0.1, 0.15) is 5.75 Å². The maximum absolute atomic E-state index is 11.5. The summed E-state index contributed by atoms with van der Waals surface area (Å²) in [5.41, 5.74) is 0.615. The van der Waals surface area contributed by atoms with Gasteiger partial charge in [-0.2, -0.15) is 0 Å². The number of para-hydroxylation sites is 1. The number of rotatable bonds is 9. The maximum Gasteiger partial charge on any atom is 0.330 e. The molecule has 110 valence electrons. The van der Waals surface area contributed by atoms with Crippen LogP contribution in [-0.4, -0.2) is 17.7 Å². The van der Waals surface area contributed by atoms with Crippen LogP contribution < -0.4 is 0 Å². The molecule has 0 aliphatic heterocycles. The zero-order valence-electron chi connectivity index (χ0n) is 12.2. The van der Waals surface area contributed by atoms with Gasteiger partial charge in [0.05, 0.1) is 6.61 Å². The molecule has 0 saturated heterocycles. The quantitative estimate of drug-likeness (QED) is 0.415. The molecule has 3 nitrogen and oxygen atoms in total. The van der Waals surface area contributed by atoms with Gasteiger partial charge >= 0.3 is 5.97 Å². The van der Waals surface area contributed by atoms with Gasteiger partial charge in [-0.3, -0.25) is 0 Å². The SMILES string of the molecule is CCCCCCCCOC(=O)/C=C/c1ccccc1O. The highest BCUT2D eigenvalue weighted by Crippen LogP contribution is 2.16. The van der Waals surface area contributed by atoms with Crippen LogP contribution in [0.3, 0.4) is 0 Å². The Morgan fingerprint density at radius 2 is 1.85 bits per heavy atom. The summed E-state index contributed by atoms with van der Waals surface area (Å²) in [7, 11) is 0. The molecule has 0 radical (unpaired) electrons. The van der Waals surface area contributed by atoms with Crippen molar-refractivity contribution in [1.29, 1.82) is 0 Å². The van der Waals surface area contributed by atoms with Crippen LogP contribution in [-0.2, 0) is 9.53 Å². The van der Waals surface area contributed by atoms with E-state index < -0.39 is 0 Å². The Hall–Kier alpha value is -1.77. The molecule has 1 rings (SSSR count). The molecule has 0 fully saturated rings. The first kappa shape index (κ1) is 16.3. The van der Waals surface area contributed by atoms with E-state index in [4.69, 9.17) is 4.74 Å². The van der Waals surface area contributed by atoms with Gasteiger partial charge in [0.25, 0.3) is 0 Å². The van der Waals surface area contributed by atoms with Crippen molar-refractivity contribution >= 4 is 12.0 Å². The number of ether oxygens (including phenoxy) is 1. The molecule has 1 aromatic rings. The molecule has 0 unspecified atom stereocenters. The van der Waals surface area contributed by atoms with Gasteiger partial charge in [0.15, 0.2) is 0 Å². The van der Waals surface area contributed by atoms with Crippen molar-refractivity contribution in [2.75, 3.05) is 6.61 Å². The third-order valence-corrected chi connectivity index (χ3v) is 3.08. The number of aromatic hydroxyl groups is 1. The molecule has 0 bridgehead atoms. The largest absolute Gasteiger partial charge is 0.507 e. The number of benzene rings is 1. The molecular formula is C17H24O3. The second kappa shape index (κ2) is 10.1. The van der Waals surface area contributed by atoms with Gasteiger partial charge < -0.3 is 9.84 Å². The van der Waals surface area contributed by atoms with E-state index in [-0.39, 0.29) is 11.7 Å². The molecule has 0 amide bonds. The second-order valence-corrected chi connectivity index (χ2v) is 4.83. The fourth-order valence-electron chi connectivity index (χ4n) is 1.89. The van der Waals surface area contributed by atoms with Gasteiger partial charge in [-0.05, 0) is 18.6 Å². The number of phenols is 1. The molecule has 1 aromatic carbocycles. The van der Waals surface area contributed by atoms with Crippen molar-refractivity contribution in [2.24, 2.45) is 0 Å². The van der Waals surface area contributed by atoms with E-state index >= 15 is 0 Å². The van der Waals surface area contributed by atoms with Gasteiger partial charge in [0, 0.05) is 11.6 Å². The summed E-state index contributed by atoms with van der Waals surface area (Å²) in [4.78, 5) is 11.5. The van der Waals surface area contributed by atoms with Crippen LogP contribution >= 0.6 is 0 Å². The minimum absolute atomic E-state index is 0.160. The van der Waals surface area contributed by atoms with Gasteiger partial charge in [-0.1, -0.05) is 57.2 Å². The van der Waals surface area contributed by atoms with Crippen molar-refractivity contribution in [2.45, 2.75) is 45.4 Å². The summed E-state index contributed by atoms with van der Waals surface area (Å²) in [6, 6.07) is 6.87. The lowest BCUT2D eigenvalue weighted by Crippen LogP contribution is -2.02. The average Bonchev–Trinajstić information content (AvgIpc) is 2.45. The number of hydrogen-bond acceptors (Lipinski definition) is 3. The van der Waals surface area contributed by atoms with Crippen molar-refractivity contribution in [1.82, 2.24) is 0 Å². The fraction of sp³-hybridized carbons (Fsp3) is 0.471. The number of carbonyl (C=O) groups is 1. The van der Waals surface area contributed by atoms with Crippen molar-refractivity contribution in [3.05, 3.63) is 35.9 Å². The van der Waals surface area contributed by atoms with E-state index in [1.54, 1.807) is 30.3 Å². The van der Waals surface area contributed by atoms with E-state index in [2.05, 4.69) is 6.92 Å². The smallest absolute Gasteiger partial charge is 0.330 e. The summed E-state index contributed by atoms with van der Waals surface area (Å²) < 4.78 is 5.10. The van der Waals surface area contributed by atoms with Crippen molar-refractivity contribution in [3.63, 3.8) is 0 Å². The molecule has 0 atom stereocenters. The fourth-order valence-corrected chi connectivity index (χ4v) is 1.89. The average molecular weight is 276 g/mol. The molecule has 0 saturated carbocycles. The maximum atomic E-state index is 11.5. The molecule has 0 heterocycles. The van der Waals surface area contributed by atoms with Crippen LogP contribution in [0.25, 0.3) is 6.08 Å². The summed E-state index contributed by atoms with van der Waals surface area (Å²) in [5, 5.41) is 9.54. The number of esters is 1. The Morgan fingerprint density at radius 1 is 1.15 bits per heavy atom. The molecule has 3 heteroatoms. The van der Waals surface area contributed by atoms with E-state index in [0.717, 1.165) is 12.8 Å². The molecule has 20 heavy (non-hydrogen) atoms. The zero-order valence-corrected chi connectivity index (χ0v) is 12.2. The monoisotopic (exact) mass is 276 g/mol. The molecule has 0 spiro atoms. The Kier molecular flexibility index (Phi) is 8.20. The van der Waals surface area contributed by atoms with Crippen molar-refractivity contribution in [3.8, 4) is 5.75 Å². The highest BCUT2D eigenvalue weighted by Gasteiger charge is 1.99. The molecule has 1 N–H and O–H groups in total. The number of hydrogen-bond donors (Lipinski definition) is 1. The minimum atomic E-state index is -0.359. The summed E-state index contributed by atoms with van der Waals surface area (Å²) in [5.74, 6) is -0.200. The van der Waals surface area contributed by atoms with Crippen LogP contribution in [0.4, 0.5) is 0 Å². The Balaban J connectivity index is 2.16. The number of carbonyl (C=O) groups excluding carboxylic acids is 1. The van der Waals surface area contributed by atoms with Gasteiger partial charge in [-0.15, -0.1) is 0 Å². The first-order valence-corrected chi connectivity index (χ1v) is 7.37. The lowest BCUT2D eigenvalue weighted by atomic mass is 10.1. The number of unbranched alkanes of at least 4 members (excludes halogenated alkanes) is 5. The third-order valence-electron chi connectivity index (χ3n) is 3.08. The van der Waals surface area contributed by atoms with Crippen molar-refractivity contribution < 1.29 is 14.6 Å². The molecule has 0 aliphatic rings. The third kappa shape index (κ3) is 6.98. The topological polar surface area (TPSA) is 46.5 Å². The first-order chi connectivity index (χ1) is 9.74. The Morgan fingerprint density at radius 3 is 2.60 bits per heavy atom. The standard InChI is InChI=1S/C17H24O3/c1-2-3-4-5-6-9-14-20-17(19)13-12-15-10-7-8-11-16(15)18/h7-8,10-13,18H,2-6,9,14H2,1H3/b13-12+. The minimum Gasteiger partial charge on any atom is -0.507 e. The van der Waals surface area contributed by atoms with E-state index in [0.29, 0.717) is 12.2 Å². The van der Waals surface area contributed by atoms with E-state index in [1.807, 2.05) is 0 Å². The van der Waals surface area contributed by atoms with Crippen LogP contribution in [0.15, 0.2) is 30.3 Å². The second-order valence-electron chi connectivity index (χ2n) is 4.83. The summed E-state index contributed by atoms with van der Waals surface area (Å²) in [6.07, 6.45) is 9.94. The normalized spacial score (nSPS) is 10.8. The predicted octanol–water partition coefficient (Wildman–Crippen LogP) is 4.31. The molecular weight excluding hydrogens is 252 g/mol. The first-order valence-electron chi connectivity index (χ1n) is 7.37. The Labute approximate surface area is 121 Å².